The minimum absolute atomic E-state index is 0. The van der Waals surface area contributed by atoms with Crippen molar-refractivity contribution < 1.29 is 17.9 Å². The van der Waals surface area contributed by atoms with Crippen LogP contribution in [0.25, 0.3) is 0 Å². The molecule has 2 aromatic rings. The van der Waals surface area contributed by atoms with Crippen LogP contribution in [0.5, 0.6) is 11.5 Å². The number of sulfonamides is 1. The summed E-state index contributed by atoms with van der Waals surface area (Å²) >= 11 is 0. The maximum atomic E-state index is 11.7. The second-order valence-electron chi connectivity index (χ2n) is 6.17. The van der Waals surface area contributed by atoms with E-state index in [0.29, 0.717) is 36.8 Å². The third-order valence-corrected chi connectivity index (χ3v) is 5.20. The van der Waals surface area contributed by atoms with Gasteiger partial charge in [0.1, 0.15) is 6.61 Å². The molecule has 3 N–H and O–H groups in total. The van der Waals surface area contributed by atoms with E-state index in [-0.39, 0.29) is 23.2 Å². The Bertz CT molecular complexity index is 843. The van der Waals surface area contributed by atoms with E-state index in [2.05, 4.69) is 5.32 Å². The highest BCUT2D eigenvalue weighted by Gasteiger charge is 2.14. The van der Waals surface area contributed by atoms with Crippen LogP contribution < -0.4 is 19.9 Å². The normalized spacial score (nSPS) is 12.1. The maximum Gasteiger partial charge on any atom is 0.238 e. The zero-order valence-electron chi connectivity index (χ0n) is 15.8. The Balaban J connectivity index is 0.00000364. The van der Waals surface area contributed by atoms with Gasteiger partial charge < -0.3 is 14.8 Å². The van der Waals surface area contributed by atoms with Gasteiger partial charge in [-0.05, 0) is 42.2 Å². The van der Waals surface area contributed by atoms with Crippen LogP contribution in [0.1, 0.15) is 24.0 Å². The average molecular weight is 415 g/mol. The molecule has 8 heteroatoms. The SMILES string of the molecule is COc1ccccc1OCCNCC(C)c1ccc(C)c(S(N)(=O)=O)c1.Cl. The summed E-state index contributed by atoms with van der Waals surface area (Å²) in [6.07, 6.45) is 0. The Morgan fingerprint density at radius 1 is 1.15 bits per heavy atom. The van der Waals surface area contributed by atoms with Crippen molar-refractivity contribution in [2.75, 3.05) is 26.8 Å². The number of nitrogens with two attached hydrogens (primary N) is 1. The number of nitrogens with one attached hydrogen (secondary N) is 1. The van der Waals surface area contributed by atoms with Crippen molar-refractivity contribution in [3.8, 4) is 11.5 Å². The second kappa shape index (κ2) is 10.5. The van der Waals surface area contributed by atoms with Gasteiger partial charge >= 0.3 is 0 Å². The lowest BCUT2D eigenvalue weighted by Gasteiger charge is -2.16. The molecular weight excluding hydrogens is 388 g/mol. The van der Waals surface area contributed by atoms with E-state index in [1.807, 2.05) is 37.3 Å². The molecule has 0 saturated carbocycles. The standard InChI is InChI=1S/C19H26N2O4S.ClH/c1-14-8-9-16(12-19(14)26(20,22)23)15(2)13-21-10-11-25-18-7-5-4-6-17(18)24-3;/h4-9,12,15,21H,10-11,13H2,1-3H3,(H2,20,22,23);1H. The molecular formula is C19H27ClN2O4S. The first-order chi connectivity index (χ1) is 12.3. The summed E-state index contributed by atoms with van der Waals surface area (Å²) < 4.78 is 34.3. The fraction of sp³-hybridized carbons (Fsp3) is 0.368. The molecule has 6 nitrogen and oxygen atoms in total. The van der Waals surface area contributed by atoms with E-state index in [1.54, 1.807) is 26.2 Å². The summed E-state index contributed by atoms with van der Waals surface area (Å²) in [6, 6.07) is 12.9. The third kappa shape index (κ3) is 6.70. The molecule has 0 aliphatic heterocycles. The number of hydrogen-bond donors (Lipinski definition) is 2. The zero-order chi connectivity index (χ0) is 19.2. The summed E-state index contributed by atoms with van der Waals surface area (Å²) in [6.45, 7) is 5.63. The second-order valence-corrected chi connectivity index (χ2v) is 7.70. The summed E-state index contributed by atoms with van der Waals surface area (Å²) in [4.78, 5) is 0.182. The molecule has 0 heterocycles. The number of methoxy groups -OCH3 is 1. The van der Waals surface area contributed by atoms with E-state index >= 15 is 0 Å². The van der Waals surface area contributed by atoms with Crippen LogP contribution in [-0.2, 0) is 10.0 Å². The monoisotopic (exact) mass is 414 g/mol. The Morgan fingerprint density at radius 2 is 1.81 bits per heavy atom. The molecule has 0 aliphatic rings. The van der Waals surface area contributed by atoms with Crippen LogP contribution in [0.4, 0.5) is 0 Å². The fourth-order valence-corrected chi connectivity index (χ4v) is 3.45. The zero-order valence-corrected chi connectivity index (χ0v) is 17.4. The van der Waals surface area contributed by atoms with Crippen molar-refractivity contribution in [1.29, 1.82) is 0 Å². The molecule has 1 atom stereocenters. The van der Waals surface area contributed by atoms with E-state index in [4.69, 9.17) is 14.6 Å². The van der Waals surface area contributed by atoms with Crippen molar-refractivity contribution in [3.05, 3.63) is 53.6 Å². The largest absolute Gasteiger partial charge is 0.493 e. The van der Waals surface area contributed by atoms with Gasteiger partial charge in [-0.25, -0.2) is 13.6 Å². The van der Waals surface area contributed by atoms with Crippen molar-refractivity contribution in [2.24, 2.45) is 5.14 Å². The minimum atomic E-state index is -3.71. The number of para-hydroxylation sites is 2. The highest BCUT2D eigenvalue weighted by atomic mass is 35.5. The summed E-state index contributed by atoms with van der Waals surface area (Å²) in [5.74, 6) is 1.56. The first kappa shape index (κ1) is 23.2. The van der Waals surface area contributed by atoms with Gasteiger partial charge in [0.2, 0.25) is 10.0 Å². The summed E-state index contributed by atoms with van der Waals surface area (Å²) in [7, 11) is -2.10. The molecule has 2 rings (SSSR count). The molecule has 0 saturated heterocycles. The number of benzene rings is 2. The number of ether oxygens (including phenoxy) is 2. The van der Waals surface area contributed by atoms with E-state index in [9.17, 15) is 8.42 Å². The Hall–Kier alpha value is -1.80. The molecule has 0 aromatic heterocycles. The van der Waals surface area contributed by atoms with Crippen molar-refractivity contribution in [1.82, 2.24) is 5.32 Å². The van der Waals surface area contributed by atoms with Gasteiger partial charge in [0, 0.05) is 13.1 Å². The number of aryl methyl sites for hydroxylation is 1. The maximum absolute atomic E-state index is 11.7. The Kier molecular flexibility index (Phi) is 9.05. The Morgan fingerprint density at radius 3 is 2.44 bits per heavy atom. The molecule has 27 heavy (non-hydrogen) atoms. The number of primary sulfonamides is 1. The first-order valence-corrected chi connectivity index (χ1v) is 9.97. The van der Waals surface area contributed by atoms with Crippen LogP contribution >= 0.6 is 12.4 Å². The summed E-state index contributed by atoms with van der Waals surface area (Å²) in [5.41, 5.74) is 1.58. The van der Waals surface area contributed by atoms with Gasteiger partial charge in [-0.1, -0.05) is 31.2 Å². The van der Waals surface area contributed by atoms with Crippen LogP contribution in [0, 0.1) is 6.92 Å². The van der Waals surface area contributed by atoms with Crippen LogP contribution in [-0.4, -0.2) is 35.2 Å². The highest BCUT2D eigenvalue weighted by Crippen LogP contribution is 2.25. The van der Waals surface area contributed by atoms with E-state index in [0.717, 1.165) is 5.56 Å². The lowest BCUT2D eigenvalue weighted by Crippen LogP contribution is -2.25. The smallest absolute Gasteiger partial charge is 0.238 e. The quantitative estimate of drug-likeness (QED) is 0.615. The summed E-state index contributed by atoms with van der Waals surface area (Å²) in [5, 5.41) is 8.59. The predicted molar refractivity (Wildman–Crippen MR) is 110 cm³/mol. The first-order valence-electron chi connectivity index (χ1n) is 8.43. The van der Waals surface area contributed by atoms with Crippen LogP contribution in [0.2, 0.25) is 0 Å². The molecule has 0 bridgehead atoms. The number of rotatable bonds is 9. The lowest BCUT2D eigenvalue weighted by atomic mass is 10.00. The number of halogens is 1. The molecule has 0 fully saturated rings. The third-order valence-electron chi connectivity index (χ3n) is 4.14. The lowest BCUT2D eigenvalue weighted by molar-refractivity contribution is 0.291. The molecule has 2 aromatic carbocycles. The fourth-order valence-electron chi connectivity index (χ4n) is 2.64. The van der Waals surface area contributed by atoms with Gasteiger partial charge in [0.05, 0.1) is 12.0 Å². The molecule has 0 spiro atoms. The van der Waals surface area contributed by atoms with Gasteiger partial charge in [-0.3, -0.25) is 0 Å². The Labute approximate surface area is 167 Å². The van der Waals surface area contributed by atoms with Gasteiger partial charge in [0.25, 0.3) is 0 Å². The average Bonchev–Trinajstić information content (AvgIpc) is 2.61. The van der Waals surface area contributed by atoms with Crippen LogP contribution in [0.3, 0.4) is 0 Å². The van der Waals surface area contributed by atoms with Gasteiger partial charge in [-0.2, -0.15) is 0 Å². The van der Waals surface area contributed by atoms with E-state index < -0.39 is 10.0 Å². The van der Waals surface area contributed by atoms with Gasteiger partial charge in [0.15, 0.2) is 11.5 Å². The minimum Gasteiger partial charge on any atom is -0.493 e. The molecule has 0 radical (unpaired) electrons. The highest BCUT2D eigenvalue weighted by molar-refractivity contribution is 7.89. The molecule has 0 aliphatic carbocycles. The molecule has 150 valence electrons. The molecule has 1 unspecified atom stereocenters. The van der Waals surface area contributed by atoms with E-state index in [1.165, 1.54) is 0 Å². The topological polar surface area (TPSA) is 90.7 Å². The van der Waals surface area contributed by atoms with Crippen molar-refractivity contribution in [2.45, 2.75) is 24.7 Å². The van der Waals surface area contributed by atoms with Crippen LogP contribution in [0.15, 0.2) is 47.4 Å². The predicted octanol–water partition coefficient (Wildman–Crippen LogP) is 2.84. The van der Waals surface area contributed by atoms with Crippen molar-refractivity contribution in [3.63, 3.8) is 0 Å². The molecule has 0 amide bonds. The number of hydrogen-bond acceptors (Lipinski definition) is 5. The van der Waals surface area contributed by atoms with Gasteiger partial charge in [-0.15, -0.1) is 12.4 Å². The van der Waals surface area contributed by atoms with Crippen molar-refractivity contribution >= 4 is 22.4 Å².